The molecule has 20 atom stereocenters. The summed E-state index contributed by atoms with van der Waals surface area (Å²) < 4.78 is 83.8. The standard InChI is InChI=1S/C68H85IN4O25S3/c1-13-70-40-30-89-47(27-45(40)84-8)96-60-55(78)52(73-98-48-26-41(74)62(36(7)91-48)100-63(80)49-33(4)51(69)58(61(87-11)57(49)85-9)97-64-56(79)59(86-10)54(77)35(6)93-64)34(5)92-65(60)95-43-18-16-14-15-17-22-68(83)28-42(75)53(72-66(81)88-12)50(43)39(68)21-23-99-101-32(3)29-90-67(82)71-37-19-20-38-31(2)24-46(76)94-44(38)25-37/h14-15,19-21,24-25,32,34-36,40-41,43,45,47-48,52,54-56,59-60,62,64-65,70,73-74,77-79,83H,13,23,26-30H2,1-12H3,(H,71,82)(H,72,81)/b15-14?,39-21+/t32-,34-,35+,36-,40+,41+,43+,45+,47+,48+,52-,54+,55+,56-,59-,60-,62-,64+,65+,68+/m1/s1. The highest BCUT2D eigenvalue weighted by molar-refractivity contribution is 14.1. The number of benzene rings is 2. The van der Waals surface area contributed by atoms with E-state index in [2.05, 4.69) is 45.1 Å². The molecule has 4 aliphatic heterocycles. The lowest BCUT2D eigenvalue weighted by atomic mass is 9.75. The number of aliphatic hydroxyl groups excluding tert-OH is 4. The molecule has 4 fully saturated rings. The quantitative estimate of drug-likeness (QED) is 0.0135. The molecule has 5 heterocycles. The Balaban J connectivity index is 0.920. The molecule has 33 heteroatoms. The molecule has 2 amide bonds. The summed E-state index contributed by atoms with van der Waals surface area (Å²) in [5.41, 5.74) is 1.67. The van der Waals surface area contributed by atoms with Crippen molar-refractivity contribution in [2.24, 2.45) is 0 Å². The first-order chi connectivity index (χ1) is 48.3. The molecule has 9 N–H and O–H groups in total. The number of carbonyl (C=O) groups excluding carboxylic acids is 4. The van der Waals surface area contributed by atoms with E-state index in [1.54, 1.807) is 59.9 Å². The van der Waals surface area contributed by atoms with Crippen molar-refractivity contribution in [3.05, 3.63) is 90.0 Å². The number of Topliss-reactive ketones (excluding diaryl/α,β-unsaturated/α-hetero) is 1. The topological polar surface area (TPSA) is 377 Å². The van der Waals surface area contributed by atoms with Crippen molar-refractivity contribution in [1.82, 2.24) is 16.1 Å². The molecule has 3 aromatic rings. The number of amides is 2. The highest BCUT2D eigenvalue weighted by atomic mass is 127. The third kappa shape index (κ3) is 18.7. The molecule has 2 aliphatic carbocycles. The van der Waals surface area contributed by atoms with Crippen LogP contribution in [0.25, 0.3) is 11.0 Å². The number of nitrogens with one attached hydrogen (secondary N) is 4. The molecule has 552 valence electrons. The van der Waals surface area contributed by atoms with Crippen LogP contribution < -0.4 is 41.3 Å². The second-order valence-electron chi connectivity index (χ2n) is 24.4. The minimum Gasteiger partial charge on any atom is -0.492 e. The number of thioether (sulfide) groups is 1. The molecule has 1 aromatic heterocycles. The first kappa shape index (κ1) is 79.5. The number of methoxy groups -OCH3 is 5. The summed E-state index contributed by atoms with van der Waals surface area (Å²) in [6.45, 7) is 12.8. The van der Waals surface area contributed by atoms with E-state index in [0.29, 0.717) is 32.3 Å². The maximum Gasteiger partial charge on any atom is 0.411 e. The number of aliphatic hydroxyl groups is 5. The normalized spacial score (nSPS) is 31.8. The van der Waals surface area contributed by atoms with Crippen LogP contribution in [0, 0.1) is 41.1 Å². The zero-order valence-electron chi connectivity index (χ0n) is 57.5. The van der Waals surface area contributed by atoms with Crippen LogP contribution in [0.15, 0.2) is 68.5 Å². The van der Waals surface area contributed by atoms with Crippen molar-refractivity contribution >= 4 is 95.7 Å². The minimum absolute atomic E-state index is 0.00789. The van der Waals surface area contributed by atoms with Crippen molar-refractivity contribution in [1.29, 1.82) is 0 Å². The SMILES string of the molecule is CCN[C@H]1CO[C@@H](O[C@H]2[C@H](O[C@H]3C#CC=CC#C[C@]4(O)CC(=O)C(NC(=O)OC)=C3/C4=C\CSS[C@H](C)COC(=O)Nc3ccc4c(C)cc(=O)oc4c3)O[C@H](C)[C@@H](NO[C@H]3C[C@H](O)[C@H](SC(=O)c4c(C)c(I)c(O[C@@H]5O[C@@H](C)[C@H](O)[C@@H](OC)[C@H]5O)c(OC)c4OC)[C@@H](C)O3)[C@@H]2O)C[C@@H]1OC. The van der Waals surface area contributed by atoms with Crippen molar-refractivity contribution in [3.8, 4) is 40.9 Å². The Kier molecular flexibility index (Phi) is 28.3. The number of likely N-dealkylation sites (N-methyl/N-ethyl adjacent to an activating group) is 1. The van der Waals surface area contributed by atoms with Gasteiger partial charge in [-0.05, 0) is 106 Å². The van der Waals surface area contributed by atoms with Gasteiger partial charge in [-0.1, -0.05) is 70.0 Å². The molecule has 0 radical (unpaired) electrons. The van der Waals surface area contributed by atoms with E-state index in [9.17, 15) is 49.5 Å². The van der Waals surface area contributed by atoms with Crippen LogP contribution >= 0.6 is 55.9 Å². The molecule has 0 unspecified atom stereocenters. The van der Waals surface area contributed by atoms with Crippen LogP contribution in [0.4, 0.5) is 15.3 Å². The van der Waals surface area contributed by atoms with Crippen molar-refractivity contribution in [3.63, 3.8) is 0 Å². The number of allylic oxidation sites excluding steroid dienone is 3. The number of carbonyl (C=O) groups is 4. The predicted molar refractivity (Wildman–Crippen MR) is 378 cm³/mol. The van der Waals surface area contributed by atoms with Crippen molar-refractivity contribution in [2.75, 3.05) is 66.4 Å². The number of hydrogen-bond donors (Lipinski definition) is 9. The summed E-state index contributed by atoms with van der Waals surface area (Å²) in [5, 5.41) is 66.3. The number of rotatable bonds is 25. The second kappa shape index (κ2) is 35.9. The van der Waals surface area contributed by atoms with Crippen LogP contribution in [-0.4, -0.2) is 230 Å². The minimum atomic E-state index is -2.20. The molecule has 4 saturated heterocycles. The molecular weight excluding hydrogens is 1500 g/mol. The number of anilines is 1. The maximum atomic E-state index is 14.5. The third-order valence-electron chi connectivity index (χ3n) is 17.5. The average molecular weight is 1580 g/mol. The molecule has 0 saturated carbocycles. The number of ketones is 1. The monoisotopic (exact) mass is 1580 g/mol. The van der Waals surface area contributed by atoms with Gasteiger partial charge in [0.25, 0.3) is 0 Å². The molecule has 29 nitrogen and oxygen atoms in total. The Morgan fingerprint density at radius 2 is 1.58 bits per heavy atom. The van der Waals surface area contributed by atoms with E-state index in [-0.39, 0.29) is 82.8 Å². The first-order valence-corrected chi connectivity index (χ1v) is 36.7. The molecule has 2 aromatic carbocycles. The summed E-state index contributed by atoms with van der Waals surface area (Å²) >= 11 is 2.80. The van der Waals surface area contributed by atoms with Gasteiger partial charge < -0.3 is 96.8 Å². The highest BCUT2D eigenvalue weighted by Gasteiger charge is 2.52. The number of halogens is 1. The fraction of sp³-hybridized carbons (Fsp3) is 0.574. The molecule has 6 aliphatic rings. The Morgan fingerprint density at radius 3 is 2.29 bits per heavy atom. The Morgan fingerprint density at radius 1 is 0.842 bits per heavy atom. The van der Waals surface area contributed by atoms with Crippen LogP contribution in [0.3, 0.4) is 0 Å². The summed E-state index contributed by atoms with van der Waals surface area (Å²) in [7, 11) is 9.36. The second-order valence-corrected chi connectivity index (χ2v) is 29.5. The maximum absolute atomic E-state index is 14.5. The van der Waals surface area contributed by atoms with Gasteiger partial charge in [0, 0.05) is 72.4 Å². The van der Waals surface area contributed by atoms with Gasteiger partial charge in [0.1, 0.15) is 48.8 Å². The largest absolute Gasteiger partial charge is 0.492 e. The van der Waals surface area contributed by atoms with Gasteiger partial charge in [-0.25, -0.2) is 14.4 Å². The fourth-order valence-corrected chi connectivity index (χ4v) is 16.1. The van der Waals surface area contributed by atoms with E-state index in [1.165, 1.54) is 67.2 Å². The lowest BCUT2D eigenvalue weighted by molar-refractivity contribution is -0.336. The Hall–Kier alpha value is -5.59. The zero-order valence-corrected chi connectivity index (χ0v) is 62.1. The molecule has 9 rings (SSSR count). The van der Waals surface area contributed by atoms with E-state index in [4.69, 9.17) is 70.8 Å². The van der Waals surface area contributed by atoms with Gasteiger partial charge in [0.2, 0.25) is 17.2 Å². The van der Waals surface area contributed by atoms with Crippen LogP contribution in [0.2, 0.25) is 0 Å². The Bertz CT molecular complexity index is 3770. The number of ether oxygens (including phenoxy) is 13. The van der Waals surface area contributed by atoms with Crippen molar-refractivity contribution in [2.45, 2.75) is 188 Å². The van der Waals surface area contributed by atoms with Gasteiger partial charge in [-0.2, -0.15) is 5.48 Å². The first-order valence-electron chi connectivity index (χ1n) is 32.4. The average Bonchev–Trinajstić information content (AvgIpc) is 0.756. The summed E-state index contributed by atoms with van der Waals surface area (Å²) in [5.74, 6) is 11.0. The number of aryl methyl sites for hydroxylation is 1. The summed E-state index contributed by atoms with van der Waals surface area (Å²) in [6.07, 6.45) is -15.7. The number of hydroxylamine groups is 1. The molecule has 101 heavy (non-hydrogen) atoms. The lowest BCUT2D eigenvalue weighted by Crippen LogP contribution is -2.65. The molecule has 0 spiro atoms. The number of alkyl carbamates (subject to hydrolysis) is 1. The fourth-order valence-electron chi connectivity index (χ4n) is 12.4. The van der Waals surface area contributed by atoms with Gasteiger partial charge >= 0.3 is 17.8 Å². The van der Waals surface area contributed by atoms with Gasteiger partial charge in [0.15, 0.2) is 41.8 Å². The van der Waals surface area contributed by atoms with Crippen LogP contribution in [0.1, 0.15) is 75.4 Å². The number of fused-ring (bicyclic) bond motifs is 3. The predicted octanol–water partition coefficient (Wildman–Crippen LogP) is 4.97. The molecule has 2 bridgehead atoms. The Labute approximate surface area is 609 Å². The third-order valence-corrected chi connectivity index (χ3v) is 22.9. The van der Waals surface area contributed by atoms with Gasteiger partial charge in [-0.3, -0.25) is 25.1 Å². The van der Waals surface area contributed by atoms with Gasteiger partial charge in [-0.15, -0.1) is 0 Å². The van der Waals surface area contributed by atoms with E-state index in [0.717, 1.165) is 24.4 Å². The highest BCUT2D eigenvalue weighted by Crippen LogP contribution is 2.49. The van der Waals surface area contributed by atoms with Crippen molar-refractivity contribution < 1.29 is 116 Å². The van der Waals surface area contributed by atoms with E-state index in [1.807, 2.05) is 36.4 Å². The smallest absolute Gasteiger partial charge is 0.411 e. The zero-order chi connectivity index (χ0) is 73.1. The van der Waals surface area contributed by atoms with Gasteiger partial charge in [0.05, 0.1) is 97.0 Å². The van der Waals surface area contributed by atoms with E-state index >= 15 is 0 Å². The van der Waals surface area contributed by atoms with Crippen LogP contribution in [-0.2, 0) is 57.0 Å². The number of hydrogen-bond acceptors (Lipinski definition) is 30. The summed E-state index contributed by atoms with van der Waals surface area (Å²) in [4.78, 5) is 73.2. The molecular formula is C68H85IN4O25S3. The van der Waals surface area contributed by atoms with Crippen LogP contribution in [0.5, 0.6) is 17.2 Å². The summed E-state index contributed by atoms with van der Waals surface area (Å²) in [6, 6.07) is 4.92. The van der Waals surface area contributed by atoms with E-state index < -0.39 is 144 Å². The lowest BCUT2D eigenvalue weighted by Gasteiger charge is -2.46.